The molecular weight excluding hydrogens is 286 g/mol. The SMILES string of the molecule is COC(=O)c1sc(NC2C3C4CCC(C4)C23)c(C#N)c1N. The molecular formula is C15H17N3O2S. The first-order valence-electron chi connectivity index (χ1n) is 7.33. The number of nitrogens with zero attached hydrogens (tertiary/aromatic N) is 1. The fraction of sp³-hybridized carbons (Fsp3) is 0.600. The fourth-order valence-electron chi connectivity index (χ4n) is 4.57. The molecule has 0 radical (unpaired) electrons. The minimum atomic E-state index is -0.474. The Kier molecular flexibility index (Phi) is 2.70. The normalized spacial score (nSPS) is 35.1. The van der Waals surface area contributed by atoms with Gasteiger partial charge in [0.1, 0.15) is 21.5 Å². The van der Waals surface area contributed by atoms with Gasteiger partial charge in [-0.1, -0.05) is 0 Å². The van der Waals surface area contributed by atoms with Crippen molar-refractivity contribution in [2.45, 2.75) is 25.3 Å². The van der Waals surface area contributed by atoms with Gasteiger partial charge in [-0.25, -0.2) is 4.79 Å². The number of hydrogen-bond acceptors (Lipinski definition) is 6. The molecule has 3 aliphatic rings. The Balaban J connectivity index is 1.59. The zero-order chi connectivity index (χ0) is 14.7. The average molecular weight is 303 g/mol. The lowest BCUT2D eigenvalue weighted by atomic mass is 10.0. The van der Waals surface area contributed by atoms with Crippen molar-refractivity contribution >= 4 is 28.0 Å². The van der Waals surface area contributed by atoms with E-state index in [0.717, 1.165) is 28.7 Å². The molecule has 1 aromatic heterocycles. The maximum atomic E-state index is 11.7. The molecule has 0 saturated heterocycles. The number of ether oxygens (including phenoxy) is 1. The summed E-state index contributed by atoms with van der Waals surface area (Å²) >= 11 is 1.24. The van der Waals surface area contributed by atoms with Gasteiger partial charge >= 0.3 is 5.97 Å². The highest BCUT2D eigenvalue weighted by Crippen LogP contribution is 2.66. The number of carbonyl (C=O) groups is 1. The summed E-state index contributed by atoms with van der Waals surface area (Å²) < 4.78 is 4.72. The molecule has 4 unspecified atom stereocenters. The molecule has 110 valence electrons. The first kappa shape index (κ1) is 13.0. The zero-order valence-corrected chi connectivity index (χ0v) is 12.6. The van der Waals surface area contributed by atoms with Crippen LogP contribution in [0.2, 0.25) is 0 Å². The smallest absolute Gasteiger partial charge is 0.350 e. The second-order valence-corrected chi connectivity index (χ2v) is 7.33. The number of nitriles is 1. The van der Waals surface area contributed by atoms with E-state index in [1.807, 2.05) is 0 Å². The molecule has 0 aliphatic heterocycles. The van der Waals surface area contributed by atoms with Gasteiger partial charge in [0.2, 0.25) is 0 Å². The summed E-state index contributed by atoms with van der Waals surface area (Å²) in [5.74, 6) is 2.78. The first-order valence-corrected chi connectivity index (χ1v) is 8.14. The van der Waals surface area contributed by atoms with Crippen molar-refractivity contribution in [3.63, 3.8) is 0 Å². The summed E-state index contributed by atoms with van der Waals surface area (Å²) in [4.78, 5) is 12.0. The third-order valence-corrected chi connectivity index (χ3v) is 6.58. The van der Waals surface area contributed by atoms with E-state index in [1.54, 1.807) is 0 Å². The first-order chi connectivity index (χ1) is 10.2. The van der Waals surface area contributed by atoms with Gasteiger partial charge in [-0.15, -0.1) is 11.3 Å². The van der Waals surface area contributed by atoms with Crippen LogP contribution in [0, 0.1) is 35.0 Å². The van der Waals surface area contributed by atoms with Crippen molar-refractivity contribution in [1.82, 2.24) is 0 Å². The lowest BCUT2D eigenvalue weighted by molar-refractivity contribution is 0.0607. The predicted octanol–water partition coefficient (Wildman–Crippen LogP) is 2.44. The summed E-state index contributed by atoms with van der Waals surface area (Å²) in [5.41, 5.74) is 6.55. The molecule has 1 heterocycles. The van der Waals surface area contributed by atoms with E-state index >= 15 is 0 Å². The molecule has 3 saturated carbocycles. The van der Waals surface area contributed by atoms with Crippen LogP contribution >= 0.6 is 11.3 Å². The van der Waals surface area contributed by atoms with E-state index in [1.165, 1.54) is 37.7 Å². The second-order valence-electron chi connectivity index (χ2n) is 6.31. The van der Waals surface area contributed by atoms with Crippen LogP contribution < -0.4 is 11.1 Å². The lowest BCUT2D eigenvalue weighted by Gasteiger charge is -2.10. The molecule has 1 aromatic rings. The monoisotopic (exact) mass is 303 g/mol. The number of thiophene rings is 1. The number of carbonyl (C=O) groups excluding carboxylic acids is 1. The third-order valence-electron chi connectivity index (χ3n) is 5.46. The van der Waals surface area contributed by atoms with Crippen LogP contribution in [0.25, 0.3) is 0 Å². The average Bonchev–Trinajstić information content (AvgIpc) is 2.82. The largest absolute Gasteiger partial charge is 0.465 e. The van der Waals surface area contributed by atoms with Crippen LogP contribution in [0.1, 0.15) is 34.5 Å². The summed E-state index contributed by atoms with van der Waals surface area (Å²) in [6.07, 6.45) is 4.10. The second kappa shape index (κ2) is 4.38. The van der Waals surface area contributed by atoms with E-state index in [0.29, 0.717) is 16.5 Å². The van der Waals surface area contributed by atoms with Crippen molar-refractivity contribution in [1.29, 1.82) is 5.26 Å². The Bertz CT molecular complexity index is 647. The quantitative estimate of drug-likeness (QED) is 0.837. The van der Waals surface area contributed by atoms with Crippen molar-refractivity contribution < 1.29 is 9.53 Å². The number of fused-ring (bicyclic) bond motifs is 5. The van der Waals surface area contributed by atoms with E-state index < -0.39 is 5.97 Å². The highest BCUT2D eigenvalue weighted by Gasteiger charge is 2.65. The van der Waals surface area contributed by atoms with Crippen LogP contribution in [-0.4, -0.2) is 19.1 Å². The van der Waals surface area contributed by atoms with E-state index in [4.69, 9.17) is 10.5 Å². The van der Waals surface area contributed by atoms with Crippen molar-refractivity contribution in [2.75, 3.05) is 18.2 Å². The summed E-state index contributed by atoms with van der Waals surface area (Å²) in [6, 6.07) is 2.58. The maximum Gasteiger partial charge on any atom is 0.350 e. The molecule has 3 N–H and O–H groups in total. The topological polar surface area (TPSA) is 88.1 Å². The van der Waals surface area contributed by atoms with Crippen LogP contribution in [0.3, 0.4) is 0 Å². The van der Waals surface area contributed by atoms with E-state index in [-0.39, 0.29) is 5.69 Å². The highest BCUT2D eigenvalue weighted by molar-refractivity contribution is 7.18. The van der Waals surface area contributed by atoms with Gasteiger partial charge < -0.3 is 15.8 Å². The zero-order valence-electron chi connectivity index (χ0n) is 11.8. The molecule has 5 nitrogen and oxygen atoms in total. The maximum absolute atomic E-state index is 11.7. The van der Waals surface area contributed by atoms with Gasteiger partial charge in [0.25, 0.3) is 0 Å². The Morgan fingerprint density at radius 3 is 2.67 bits per heavy atom. The van der Waals surface area contributed by atoms with Gasteiger partial charge in [0.15, 0.2) is 0 Å². The number of rotatable bonds is 3. The fourth-order valence-corrected chi connectivity index (χ4v) is 5.61. The number of nitrogens with two attached hydrogens (primary N) is 1. The molecule has 0 spiro atoms. The van der Waals surface area contributed by atoms with Crippen LogP contribution in [-0.2, 0) is 4.74 Å². The molecule has 3 fully saturated rings. The Morgan fingerprint density at radius 2 is 2.10 bits per heavy atom. The summed E-state index contributed by atoms with van der Waals surface area (Å²) in [7, 11) is 1.32. The Hall–Kier alpha value is -1.74. The summed E-state index contributed by atoms with van der Waals surface area (Å²) in [6.45, 7) is 0. The third kappa shape index (κ3) is 1.70. The number of nitrogen functional groups attached to an aromatic ring is 1. The van der Waals surface area contributed by atoms with Gasteiger partial charge in [-0.3, -0.25) is 0 Å². The predicted molar refractivity (Wildman–Crippen MR) is 80.0 cm³/mol. The van der Waals surface area contributed by atoms with Gasteiger partial charge in [-0.2, -0.15) is 5.26 Å². The number of nitrogens with one attached hydrogen (secondary N) is 1. The van der Waals surface area contributed by atoms with Gasteiger partial charge in [0.05, 0.1) is 12.8 Å². The molecule has 6 heteroatoms. The Labute approximate surface area is 127 Å². The molecule has 21 heavy (non-hydrogen) atoms. The minimum Gasteiger partial charge on any atom is -0.465 e. The Morgan fingerprint density at radius 1 is 1.43 bits per heavy atom. The number of anilines is 2. The highest BCUT2D eigenvalue weighted by atomic mass is 32.1. The number of methoxy groups -OCH3 is 1. The molecule has 0 amide bonds. The van der Waals surface area contributed by atoms with Crippen molar-refractivity contribution in [3.8, 4) is 6.07 Å². The molecule has 4 rings (SSSR count). The van der Waals surface area contributed by atoms with E-state index in [9.17, 15) is 10.1 Å². The minimum absolute atomic E-state index is 0.241. The lowest BCUT2D eigenvalue weighted by Crippen LogP contribution is -2.12. The molecule has 0 aromatic carbocycles. The van der Waals surface area contributed by atoms with Gasteiger partial charge in [0, 0.05) is 6.04 Å². The van der Waals surface area contributed by atoms with E-state index in [2.05, 4.69) is 11.4 Å². The van der Waals surface area contributed by atoms with Crippen LogP contribution in [0.4, 0.5) is 10.7 Å². The van der Waals surface area contributed by atoms with Crippen LogP contribution in [0.5, 0.6) is 0 Å². The summed E-state index contributed by atoms with van der Waals surface area (Å²) in [5, 5.41) is 13.5. The van der Waals surface area contributed by atoms with Crippen molar-refractivity contribution in [3.05, 3.63) is 10.4 Å². The molecule has 4 atom stereocenters. The van der Waals surface area contributed by atoms with Crippen LogP contribution in [0.15, 0.2) is 0 Å². The molecule has 2 bridgehead atoms. The number of esters is 1. The number of hydrogen-bond donors (Lipinski definition) is 2. The standard InChI is InChI=1S/C15H17N3O2S/c1-20-15(19)13-11(17)8(5-16)14(21-13)18-12-9-6-2-3-7(4-6)10(9)12/h6-7,9-10,12,18H,2-4,17H2,1H3. The van der Waals surface area contributed by atoms with Gasteiger partial charge in [-0.05, 0) is 42.9 Å². The molecule has 3 aliphatic carbocycles. The van der Waals surface area contributed by atoms with Crippen molar-refractivity contribution in [2.24, 2.45) is 23.7 Å².